The van der Waals surface area contributed by atoms with E-state index in [9.17, 15) is 0 Å². The molecule has 0 N–H and O–H groups in total. The minimum absolute atomic E-state index is 0.532. The quantitative estimate of drug-likeness (QED) is 0.449. The van der Waals surface area contributed by atoms with Gasteiger partial charge in [0, 0.05) is 0 Å². The normalized spacial score (nSPS) is 59.4. The van der Waals surface area contributed by atoms with Crippen molar-refractivity contribution in [3.05, 3.63) is 0 Å². The van der Waals surface area contributed by atoms with Crippen molar-refractivity contribution in [2.75, 3.05) is 0 Å². The molecule has 3 fully saturated rings. The Morgan fingerprint density at radius 1 is 1.50 bits per heavy atom. The predicted octanol–water partition coefficient (Wildman–Crippen LogP) is 2.91. The average Bonchev–Trinajstić information content (AvgIpc) is 1.55. The Bertz CT molecular complexity index is 191. The second kappa shape index (κ2) is 1.55. The molecule has 0 spiro atoms. The molecule has 0 aliphatic carbocycles. The van der Waals surface area contributed by atoms with E-state index in [-0.39, 0.29) is 0 Å². The van der Waals surface area contributed by atoms with Crippen molar-refractivity contribution in [3.63, 3.8) is 0 Å². The van der Waals surface area contributed by atoms with Crippen LogP contribution in [0.4, 0.5) is 0 Å². The minimum atomic E-state index is -0.658. The van der Waals surface area contributed by atoms with E-state index in [2.05, 4.69) is 6.92 Å². The zero-order chi connectivity index (χ0) is 5.83. The van der Waals surface area contributed by atoms with Gasteiger partial charge in [-0.1, -0.05) is 0 Å². The first-order valence-electron chi connectivity index (χ1n) is 2.41. The fourth-order valence-electron chi connectivity index (χ4n) is 0.726. The molecule has 0 aromatic rings. The third-order valence-corrected chi connectivity index (χ3v) is 15.2. The van der Waals surface area contributed by atoms with Gasteiger partial charge in [-0.2, -0.15) is 0 Å². The van der Waals surface area contributed by atoms with Crippen LogP contribution in [0.15, 0.2) is 0 Å². The maximum atomic E-state index is 5.82. The van der Waals surface area contributed by atoms with Gasteiger partial charge in [-0.15, -0.1) is 0 Å². The summed E-state index contributed by atoms with van der Waals surface area (Å²) in [5, 5.41) is 0. The van der Waals surface area contributed by atoms with Gasteiger partial charge < -0.3 is 0 Å². The summed E-state index contributed by atoms with van der Waals surface area (Å²) in [4.78, 5) is 0. The summed E-state index contributed by atoms with van der Waals surface area (Å²) in [6, 6.07) is 0. The Morgan fingerprint density at radius 3 is 2.12 bits per heavy atom. The summed E-state index contributed by atoms with van der Waals surface area (Å²) in [6.07, 6.45) is 0.604. The summed E-state index contributed by atoms with van der Waals surface area (Å²) in [5.41, 5.74) is 0. The van der Waals surface area contributed by atoms with Gasteiger partial charge in [0.1, 0.15) is 0 Å². The zero-order valence-electron chi connectivity index (χ0n) is 4.42. The van der Waals surface area contributed by atoms with Gasteiger partial charge in [-0.25, -0.2) is 0 Å². The Morgan fingerprint density at radius 2 is 2.00 bits per heavy atom. The molecule has 0 atom stereocenters. The molecule has 0 unspecified atom stereocenters. The standard InChI is InChI=1S/C3H5BS4/c1-2-3-5-8(4,6-3)7-3/h2H2,1H3. The summed E-state index contributed by atoms with van der Waals surface area (Å²) in [5.74, 6) is 0. The molecular formula is C3H5BS4. The number of rotatable bonds is 1. The van der Waals surface area contributed by atoms with Gasteiger partial charge in [0.05, 0.1) is 0 Å². The van der Waals surface area contributed by atoms with Crippen molar-refractivity contribution in [1.82, 2.24) is 0 Å². The zero-order valence-corrected chi connectivity index (χ0v) is 7.68. The van der Waals surface area contributed by atoms with Crippen LogP contribution in [0.1, 0.15) is 13.3 Å². The van der Waals surface area contributed by atoms with Gasteiger partial charge in [-0.05, 0) is 0 Å². The van der Waals surface area contributed by atoms with E-state index in [0.717, 1.165) is 0 Å². The first-order valence-corrected chi connectivity index (χ1v) is 8.10. The molecule has 44 valence electrons. The number of hydrogen-bond acceptors (Lipinski definition) is 3. The SMILES string of the molecule is B#S12SC(CC)(S1)S2. The second-order valence-electron chi connectivity index (χ2n) is 1.78. The average molecular weight is 180 g/mol. The summed E-state index contributed by atoms with van der Waals surface area (Å²) >= 11 is 0. The van der Waals surface area contributed by atoms with Gasteiger partial charge >= 0.3 is 62.0 Å². The summed E-state index contributed by atoms with van der Waals surface area (Å²) < 4.78 is 0.532. The van der Waals surface area contributed by atoms with E-state index >= 15 is 0 Å². The Hall–Kier alpha value is 1.46. The van der Waals surface area contributed by atoms with E-state index in [1.54, 1.807) is 0 Å². The van der Waals surface area contributed by atoms with Gasteiger partial charge in [0.25, 0.3) is 0 Å². The van der Waals surface area contributed by atoms with Gasteiger partial charge in [0.2, 0.25) is 0 Å². The molecule has 3 saturated heterocycles. The van der Waals surface area contributed by atoms with E-state index in [1.807, 2.05) is 32.4 Å². The van der Waals surface area contributed by atoms with Crippen LogP contribution in [0, 0.1) is 0 Å². The molecule has 0 nitrogen and oxygen atoms in total. The second-order valence-corrected chi connectivity index (χ2v) is 14.3. The van der Waals surface area contributed by atoms with Gasteiger partial charge in [0.15, 0.2) is 0 Å². The first-order chi connectivity index (χ1) is 3.68. The van der Waals surface area contributed by atoms with E-state index in [0.29, 0.717) is 3.41 Å². The Kier molecular flexibility index (Phi) is 1.20. The molecule has 2 bridgehead atoms. The molecule has 0 radical (unpaired) electrons. The van der Waals surface area contributed by atoms with Crippen molar-refractivity contribution >= 4 is 45.3 Å². The van der Waals surface area contributed by atoms with Crippen molar-refractivity contribution in [1.29, 1.82) is 0 Å². The van der Waals surface area contributed by atoms with Crippen LogP contribution in [0.5, 0.6) is 0 Å². The third kappa shape index (κ3) is 0.618. The van der Waals surface area contributed by atoms with Crippen LogP contribution in [0.3, 0.4) is 0 Å². The van der Waals surface area contributed by atoms with Crippen LogP contribution in [0.2, 0.25) is 0 Å². The van der Waals surface area contributed by atoms with Crippen LogP contribution in [0.25, 0.3) is 0 Å². The van der Waals surface area contributed by atoms with E-state index < -0.39 is 6.36 Å². The molecule has 3 heterocycles. The molecular weight excluding hydrogens is 175 g/mol. The van der Waals surface area contributed by atoms with Crippen LogP contribution in [-0.2, 0) is 0 Å². The third-order valence-electron chi connectivity index (χ3n) is 1.16. The molecule has 0 saturated carbocycles. The molecule has 0 aromatic carbocycles. The summed E-state index contributed by atoms with van der Waals surface area (Å²) in [7, 11) is 5.98. The van der Waals surface area contributed by atoms with Crippen molar-refractivity contribution < 1.29 is 0 Å². The van der Waals surface area contributed by atoms with Crippen molar-refractivity contribution in [2.45, 2.75) is 16.8 Å². The molecule has 3 rings (SSSR count). The first kappa shape index (κ1) is 6.19. The molecule has 3 aliphatic heterocycles. The molecule has 0 amide bonds. The Balaban J connectivity index is 2.17. The van der Waals surface area contributed by atoms with Crippen molar-refractivity contribution in [3.8, 4) is 0 Å². The fraction of sp³-hybridized carbons (Fsp3) is 1.00. The fourth-order valence-corrected chi connectivity index (χ4v) is 19.1. The predicted molar refractivity (Wildman–Crippen MR) is 49.1 cm³/mol. The molecule has 5 heteroatoms. The topological polar surface area (TPSA) is 0 Å². The summed E-state index contributed by atoms with van der Waals surface area (Å²) in [6.45, 7) is 8.05. The van der Waals surface area contributed by atoms with Gasteiger partial charge in [-0.3, -0.25) is 0 Å². The van der Waals surface area contributed by atoms with Crippen LogP contribution >= 0.6 is 38.7 Å². The molecule has 0 aromatic heterocycles. The monoisotopic (exact) mass is 180 g/mol. The van der Waals surface area contributed by atoms with E-state index in [1.165, 1.54) is 6.42 Å². The van der Waals surface area contributed by atoms with Crippen LogP contribution < -0.4 is 0 Å². The molecule has 8 heavy (non-hydrogen) atoms. The van der Waals surface area contributed by atoms with Crippen LogP contribution in [-0.4, -0.2) is 9.94 Å². The van der Waals surface area contributed by atoms with E-state index in [4.69, 9.17) is 6.53 Å². The Labute approximate surface area is 61.9 Å². The molecule has 3 aliphatic rings. The maximum absolute atomic E-state index is 5.82. The van der Waals surface area contributed by atoms with Crippen molar-refractivity contribution in [2.24, 2.45) is 0 Å². The number of hydrogen-bond donors (Lipinski definition) is 0.